The van der Waals surface area contributed by atoms with Crippen molar-refractivity contribution in [2.45, 2.75) is 5.50 Å². The van der Waals surface area contributed by atoms with Gasteiger partial charge in [0.25, 0.3) is 5.91 Å². The van der Waals surface area contributed by atoms with Crippen molar-refractivity contribution in [2.75, 3.05) is 4.90 Å². The van der Waals surface area contributed by atoms with E-state index in [2.05, 4.69) is 0 Å². The number of anilines is 1. The molecule has 1 unspecified atom stereocenters. The van der Waals surface area contributed by atoms with Gasteiger partial charge in [-0.2, -0.15) is 0 Å². The number of halogens is 1. The summed E-state index contributed by atoms with van der Waals surface area (Å²) in [6, 6.07) is 8.63. The summed E-state index contributed by atoms with van der Waals surface area (Å²) in [7, 11) is 0. The van der Waals surface area contributed by atoms with E-state index in [1.807, 2.05) is 0 Å². The Labute approximate surface area is 84.4 Å². The maximum Gasteiger partial charge on any atom is 0.278 e. The van der Waals surface area contributed by atoms with Crippen LogP contribution in [0.15, 0.2) is 30.3 Å². The van der Waals surface area contributed by atoms with E-state index in [1.165, 1.54) is 0 Å². The highest BCUT2D eigenvalue weighted by Gasteiger charge is 2.38. The molecule has 0 bridgehead atoms. The molecule has 3 nitrogen and oxygen atoms in total. The molecule has 1 aliphatic heterocycles. The average Bonchev–Trinajstić information content (AvgIpc) is 2.43. The van der Waals surface area contributed by atoms with Gasteiger partial charge in [-0.1, -0.05) is 18.2 Å². The van der Waals surface area contributed by atoms with Crippen molar-refractivity contribution in [1.29, 1.82) is 5.41 Å². The van der Waals surface area contributed by atoms with Crippen LogP contribution >= 0.6 is 11.8 Å². The number of benzene rings is 1. The van der Waals surface area contributed by atoms with E-state index in [0.29, 0.717) is 17.4 Å². The molecule has 1 amide bonds. The maximum absolute atomic E-state index is 12.9. The average molecular weight is 210 g/mol. The number of carbonyl (C=O) groups excluding carboxylic acids is 1. The first kappa shape index (κ1) is 9.21. The minimum atomic E-state index is -1.64. The molecule has 1 heterocycles. The number of carbonyl (C=O) groups is 1. The Balaban J connectivity index is 2.36. The van der Waals surface area contributed by atoms with Gasteiger partial charge in [0, 0.05) is 0 Å². The molecule has 2 rings (SSSR count). The SMILES string of the molecule is N=C1SC(F)C(=O)N1c1ccccc1. The first-order chi connectivity index (χ1) is 6.70. The minimum absolute atomic E-state index is 0.0614. The number of nitrogens with one attached hydrogen (secondary N) is 1. The number of hydrogen-bond acceptors (Lipinski definition) is 3. The van der Waals surface area contributed by atoms with Crippen LogP contribution in [0, 0.1) is 5.41 Å². The summed E-state index contributed by atoms with van der Waals surface area (Å²) < 4.78 is 12.9. The summed E-state index contributed by atoms with van der Waals surface area (Å²) in [6.45, 7) is 0. The highest BCUT2D eigenvalue weighted by molar-refractivity contribution is 8.15. The van der Waals surface area contributed by atoms with E-state index in [1.54, 1.807) is 30.3 Å². The summed E-state index contributed by atoms with van der Waals surface area (Å²) in [6.07, 6.45) is 0. The zero-order valence-corrected chi connectivity index (χ0v) is 7.92. The first-order valence-electron chi connectivity index (χ1n) is 3.98. The fraction of sp³-hybridized carbons (Fsp3) is 0.111. The van der Waals surface area contributed by atoms with Crippen LogP contribution in [0.1, 0.15) is 0 Å². The summed E-state index contributed by atoms with van der Waals surface area (Å²) in [5, 5.41) is 7.37. The highest BCUT2D eigenvalue weighted by Crippen LogP contribution is 2.31. The van der Waals surface area contributed by atoms with E-state index in [-0.39, 0.29) is 5.17 Å². The standard InChI is InChI=1S/C9H7FN2OS/c10-7-8(13)12(9(11)14-7)6-4-2-1-3-5-6/h1-5,7,11H. The number of para-hydroxylation sites is 1. The molecule has 1 aliphatic rings. The van der Waals surface area contributed by atoms with Gasteiger partial charge in [0.2, 0.25) is 5.50 Å². The molecule has 1 aromatic rings. The quantitative estimate of drug-likeness (QED) is 0.770. The van der Waals surface area contributed by atoms with Crippen LogP contribution in [0.5, 0.6) is 0 Å². The molecule has 14 heavy (non-hydrogen) atoms. The van der Waals surface area contributed by atoms with E-state index in [0.717, 1.165) is 4.90 Å². The topological polar surface area (TPSA) is 44.2 Å². The molecule has 1 fully saturated rings. The largest absolute Gasteiger partial charge is 0.278 e. The van der Waals surface area contributed by atoms with Crippen LogP contribution in [0.2, 0.25) is 0 Å². The minimum Gasteiger partial charge on any atom is -0.278 e. The second-order valence-electron chi connectivity index (χ2n) is 2.75. The first-order valence-corrected chi connectivity index (χ1v) is 4.86. The number of nitrogens with zero attached hydrogens (tertiary/aromatic N) is 1. The Hall–Kier alpha value is -1.36. The van der Waals surface area contributed by atoms with Crippen molar-refractivity contribution in [3.63, 3.8) is 0 Å². The second kappa shape index (κ2) is 3.42. The lowest BCUT2D eigenvalue weighted by atomic mass is 10.3. The van der Waals surface area contributed by atoms with Gasteiger partial charge in [-0.25, -0.2) is 4.39 Å². The lowest BCUT2D eigenvalue weighted by Crippen LogP contribution is -2.30. The fourth-order valence-corrected chi connectivity index (χ4v) is 1.93. The Morgan fingerprint density at radius 1 is 1.36 bits per heavy atom. The molecule has 0 aliphatic carbocycles. The van der Waals surface area contributed by atoms with Crippen LogP contribution < -0.4 is 4.90 Å². The Bertz CT molecular complexity index is 382. The molecule has 5 heteroatoms. The van der Waals surface area contributed by atoms with E-state index >= 15 is 0 Å². The van der Waals surface area contributed by atoms with Crippen molar-refractivity contribution < 1.29 is 9.18 Å². The Morgan fingerprint density at radius 2 is 2.00 bits per heavy atom. The molecule has 0 saturated carbocycles. The van der Waals surface area contributed by atoms with Gasteiger partial charge in [0.15, 0.2) is 5.17 Å². The van der Waals surface area contributed by atoms with Gasteiger partial charge in [-0.15, -0.1) is 0 Å². The van der Waals surface area contributed by atoms with Crippen LogP contribution in [-0.4, -0.2) is 16.6 Å². The van der Waals surface area contributed by atoms with Crippen molar-refractivity contribution in [1.82, 2.24) is 0 Å². The molecule has 1 atom stereocenters. The third-order valence-corrected chi connectivity index (χ3v) is 2.66. The molecular weight excluding hydrogens is 203 g/mol. The number of hydrogen-bond donors (Lipinski definition) is 1. The van der Waals surface area contributed by atoms with Crippen molar-refractivity contribution in [3.05, 3.63) is 30.3 Å². The normalized spacial score (nSPS) is 21.8. The molecule has 72 valence electrons. The third kappa shape index (κ3) is 1.39. The van der Waals surface area contributed by atoms with Crippen LogP contribution in [0.3, 0.4) is 0 Å². The summed E-state index contributed by atoms with van der Waals surface area (Å²) in [5.41, 5.74) is -1.10. The molecule has 1 N–H and O–H groups in total. The van der Waals surface area contributed by atoms with Gasteiger partial charge >= 0.3 is 0 Å². The summed E-state index contributed by atoms with van der Waals surface area (Å²) in [5.74, 6) is -0.675. The van der Waals surface area contributed by atoms with Crippen molar-refractivity contribution in [2.24, 2.45) is 0 Å². The maximum atomic E-state index is 12.9. The molecule has 0 aromatic heterocycles. The smallest absolute Gasteiger partial charge is 0.278 e. The van der Waals surface area contributed by atoms with Gasteiger partial charge < -0.3 is 0 Å². The Kier molecular flexibility index (Phi) is 2.25. The predicted molar refractivity (Wildman–Crippen MR) is 54.1 cm³/mol. The number of alkyl halides is 1. The van der Waals surface area contributed by atoms with Crippen molar-refractivity contribution >= 4 is 28.5 Å². The molecular formula is C9H7FN2OS. The third-order valence-electron chi connectivity index (χ3n) is 1.85. The summed E-state index contributed by atoms with van der Waals surface area (Å²) >= 11 is 0.624. The molecule has 1 saturated heterocycles. The predicted octanol–water partition coefficient (Wildman–Crippen LogP) is 2.00. The zero-order chi connectivity index (χ0) is 10.1. The van der Waals surface area contributed by atoms with Gasteiger partial charge in [-0.05, 0) is 23.9 Å². The number of amides is 1. The lowest BCUT2D eigenvalue weighted by Gasteiger charge is -2.13. The number of amidine groups is 1. The van der Waals surface area contributed by atoms with E-state index in [4.69, 9.17) is 5.41 Å². The molecule has 0 spiro atoms. The Morgan fingerprint density at radius 3 is 2.50 bits per heavy atom. The van der Waals surface area contributed by atoms with Gasteiger partial charge in [0.1, 0.15) is 0 Å². The van der Waals surface area contributed by atoms with Gasteiger partial charge in [0.05, 0.1) is 5.69 Å². The van der Waals surface area contributed by atoms with Crippen molar-refractivity contribution in [3.8, 4) is 0 Å². The summed E-state index contributed by atoms with van der Waals surface area (Å²) in [4.78, 5) is 12.4. The van der Waals surface area contributed by atoms with E-state index < -0.39 is 11.4 Å². The number of rotatable bonds is 1. The molecule has 1 aromatic carbocycles. The fourth-order valence-electron chi connectivity index (χ4n) is 1.22. The van der Waals surface area contributed by atoms with Crippen LogP contribution in [0.25, 0.3) is 0 Å². The van der Waals surface area contributed by atoms with Gasteiger partial charge in [-0.3, -0.25) is 15.1 Å². The number of thioether (sulfide) groups is 1. The highest BCUT2D eigenvalue weighted by atomic mass is 32.2. The second-order valence-corrected chi connectivity index (χ2v) is 3.78. The van der Waals surface area contributed by atoms with Crippen LogP contribution in [-0.2, 0) is 4.79 Å². The zero-order valence-electron chi connectivity index (χ0n) is 7.11. The van der Waals surface area contributed by atoms with Crippen LogP contribution in [0.4, 0.5) is 10.1 Å². The molecule has 0 radical (unpaired) electrons. The monoisotopic (exact) mass is 210 g/mol. The van der Waals surface area contributed by atoms with E-state index in [9.17, 15) is 9.18 Å². The lowest BCUT2D eigenvalue weighted by molar-refractivity contribution is -0.119.